The molecule has 0 spiro atoms. The Labute approximate surface area is 272 Å². The van der Waals surface area contributed by atoms with Gasteiger partial charge >= 0.3 is 6.18 Å². The SMILES string of the molecule is CCCOc1cc(C(F)(F)F)ccc1C=CC(=O)NCc1cc(F)c(NS(C)(=O)=O)c(F)c1.CS(=O)(=O)Nc1c(F)cc(CN)cc1F. The molecule has 5 N–H and O–H groups in total. The number of halogens is 7. The van der Waals surface area contributed by atoms with E-state index < -0.39 is 72.3 Å². The number of sulfonamides is 2. The Morgan fingerprint density at radius 2 is 1.31 bits per heavy atom. The Hall–Kier alpha value is -4.36. The summed E-state index contributed by atoms with van der Waals surface area (Å²) in [6.07, 6.45) is -0.161. The van der Waals surface area contributed by atoms with Crippen LogP contribution in [0.4, 0.5) is 42.1 Å². The van der Waals surface area contributed by atoms with Gasteiger partial charge in [-0.25, -0.2) is 34.4 Å². The standard InChI is InChI=1S/C21H21F5N2O4S.C8H10F2N2O2S/c1-3-8-32-18-11-15(21(24,25)26)6-4-14(18)5-7-19(29)27-12-13-9-16(22)20(17(23)10-13)28-33(2,30)31;1-15(13,14)12-8-6(9)2-5(4-11)3-7(8)10/h4-7,9-11,28H,3,8,12H2,1-2H3,(H,27,29);2-3,12H,4,11H2,1H3. The molecule has 1 amide bonds. The minimum atomic E-state index is -4.55. The van der Waals surface area contributed by atoms with E-state index in [9.17, 15) is 52.4 Å². The van der Waals surface area contributed by atoms with Crippen molar-refractivity contribution in [1.82, 2.24) is 5.32 Å². The van der Waals surface area contributed by atoms with Gasteiger partial charge in [-0.15, -0.1) is 0 Å². The number of rotatable bonds is 12. The number of ether oxygens (including phenoxy) is 1. The molecule has 0 aliphatic carbocycles. The summed E-state index contributed by atoms with van der Waals surface area (Å²) in [6.45, 7) is 1.65. The van der Waals surface area contributed by atoms with Crippen molar-refractivity contribution in [3.05, 3.63) is 94.1 Å². The van der Waals surface area contributed by atoms with Gasteiger partial charge in [-0.05, 0) is 60.0 Å². The largest absolute Gasteiger partial charge is 0.493 e. The third kappa shape index (κ3) is 13.0. The number of anilines is 2. The lowest BCUT2D eigenvalue weighted by molar-refractivity contribution is -0.137. The number of hydrogen-bond donors (Lipinski definition) is 4. The molecule has 0 bridgehead atoms. The topological polar surface area (TPSA) is 157 Å². The predicted molar refractivity (Wildman–Crippen MR) is 166 cm³/mol. The summed E-state index contributed by atoms with van der Waals surface area (Å²) in [7, 11) is -7.60. The second kappa shape index (κ2) is 16.6. The fourth-order valence-electron chi connectivity index (χ4n) is 3.64. The second-order valence-electron chi connectivity index (χ2n) is 9.97. The molecule has 0 saturated carbocycles. The van der Waals surface area contributed by atoms with Crippen molar-refractivity contribution in [2.75, 3.05) is 28.6 Å². The molecule has 3 rings (SSSR count). The highest BCUT2D eigenvalue weighted by Gasteiger charge is 2.31. The van der Waals surface area contributed by atoms with Gasteiger partial charge in [0.2, 0.25) is 26.0 Å². The number of benzene rings is 3. The van der Waals surface area contributed by atoms with Crippen LogP contribution in [0.3, 0.4) is 0 Å². The predicted octanol–water partition coefficient (Wildman–Crippen LogP) is 5.27. The van der Waals surface area contributed by atoms with Crippen molar-refractivity contribution >= 4 is 43.4 Å². The van der Waals surface area contributed by atoms with Crippen LogP contribution in [-0.2, 0) is 44.1 Å². The Morgan fingerprint density at radius 1 is 0.833 bits per heavy atom. The highest BCUT2D eigenvalue weighted by molar-refractivity contribution is 7.92. The van der Waals surface area contributed by atoms with Crippen LogP contribution in [0.15, 0.2) is 48.5 Å². The van der Waals surface area contributed by atoms with E-state index in [0.29, 0.717) is 6.42 Å². The lowest BCUT2D eigenvalue weighted by Gasteiger charge is -2.12. The first-order valence-corrected chi connectivity index (χ1v) is 17.3. The molecule has 0 heterocycles. The van der Waals surface area contributed by atoms with Crippen molar-refractivity contribution in [2.45, 2.75) is 32.6 Å². The van der Waals surface area contributed by atoms with Crippen molar-refractivity contribution in [1.29, 1.82) is 0 Å². The molecule has 264 valence electrons. The van der Waals surface area contributed by atoms with E-state index in [2.05, 4.69) is 5.32 Å². The van der Waals surface area contributed by atoms with Crippen LogP contribution in [0.25, 0.3) is 6.08 Å². The molecule has 0 aromatic heterocycles. The Balaban J connectivity index is 0.000000444. The fourth-order valence-corrected chi connectivity index (χ4v) is 4.77. The van der Waals surface area contributed by atoms with Gasteiger partial charge in [-0.1, -0.05) is 13.0 Å². The number of nitrogens with one attached hydrogen (secondary N) is 3. The number of carbonyl (C=O) groups is 1. The molecule has 0 saturated heterocycles. The lowest BCUT2D eigenvalue weighted by atomic mass is 10.1. The first kappa shape index (κ1) is 39.8. The molecular formula is C29H31F7N4O6S2. The van der Waals surface area contributed by atoms with Gasteiger partial charge in [0.05, 0.1) is 24.7 Å². The molecule has 0 unspecified atom stereocenters. The fraction of sp³-hybridized carbons (Fsp3) is 0.276. The monoisotopic (exact) mass is 728 g/mol. The number of nitrogens with two attached hydrogens (primary N) is 1. The highest BCUT2D eigenvalue weighted by atomic mass is 32.2. The van der Waals surface area contributed by atoms with Crippen molar-refractivity contribution in [2.24, 2.45) is 5.73 Å². The first-order chi connectivity index (χ1) is 22.1. The van der Waals surface area contributed by atoms with E-state index in [1.54, 1.807) is 16.4 Å². The first-order valence-electron chi connectivity index (χ1n) is 13.5. The molecule has 3 aromatic carbocycles. The average Bonchev–Trinajstić information content (AvgIpc) is 2.96. The van der Waals surface area contributed by atoms with E-state index in [1.165, 1.54) is 6.08 Å². The molecule has 0 atom stereocenters. The maximum atomic E-state index is 14.0. The average molecular weight is 729 g/mol. The summed E-state index contributed by atoms with van der Waals surface area (Å²) in [5, 5.41) is 2.37. The van der Waals surface area contributed by atoms with Crippen molar-refractivity contribution in [3.8, 4) is 5.75 Å². The number of hydrogen-bond acceptors (Lipinski definition) is 7. The van der Waals surface area contributed by atoms with Gasteiger partial charge in [-0.3, -0.25) is 14.2 Å². The number of amides is 1. The summed E-state index contributed by atoms with van der Waals surface area (Å²) < 4.78 is 146. The molecule has 0 fully saturated rings. The normalized spacial score (nSPS) is 11.9. The molecule has 10 nitrogen and oxygen atoms in total. The maximum absolute atomic E-state index is 14.0. The van der Waals surface area contributed by atoms with Crippen LogP contribution in [0.2, 0.25) is 0 Å². The van der Waals surface area contributed by atoms with Crippen LogP contribution in [0, 0.1) is 23.3 Å². The van der Waals surface area contributed by atoms with E-state index in [-0.39, 0.29) is 42.1 Å². The van der Waals surface area contributed by atoms with Gasteiger partial charge in [0.25, 0.3) is 0 Å². The number of alkyl halides is 3. The van der Waals surface area contributed by atoms with E-state index >= 15 is 0 Å². The van der Waals surface area contributed by atoms with Crippen molar-refractivity contribution in [3.63, 3.8) is 0 Å². The Kier molecular flexibility index (Phi) is 13.8. The second-order valence-corrected chi connectivity index (χ2v) is 13.5. The van der Waals surface area contributed by atoms with Crippen LogP contribution in [0.1, 0.15) is 35.6 Å². The molecule has 0 aliphatic rings. The Bertz CT molecular complexity index is 1820. The molecule has 48 heavy (non-hydrogen) atoms. The molecular weight excluding hydrogens is 697 g/mol. The zero-order valence-corrected chi connectivity index (χ0v) is 27.1. The summed E-state index contributed by atoms with van der Waals surface area (Å²) in [6, 6.07) is 6.53. The Morgan fingerprint density at radius 3 is 1.73 bits per heavy atom. The van der Waals surface area contributed by atoms with E-state index in [0.717, 1.165) is 61.1 Å². The summed E-state index contributed by atoms with van der Waals surface area (Å²) in [4.78, 5) is 12.1. The minimum absolute atomic E-state index is 0.0206. The lowest BCUT2D eigenvalue weighted by Crippen LogP contribution is -2.21. The molecule has 3 aromatic rings. The van der Waals surface area contributed by atoms with Gasteiger partial charge in [0.15, 0.2) is 23.3 Å². The van der Waals surface area contributed by atoms with Crippen LogP contribution >= 0.6 is 0 Å². The molecule has 0 radical (unpaired) electrons. The maximum Gasteiger partial charge on any atom is 0.416 e. The molecule has 0 aliphatic heterocycles. The number of carbonyl (C=O) groups excluding carboxylic acids is 1. The van der Waals surface area contributed by atoms with Crippen LogP contribution in [0.5, 0.6) is 5.75 Å². The van der Waals surface area contributed by atoms with Gasteiger partial charge in [0.1, 0.15) is 17.1 Å². The minimum Gasteiger partial charge on any atom is -0.493 e. The molecule has 19 heteroatoms. The highest BCUT2D eigenvalue weighted by Crippen LogP contribution is 2.33. The van der Waals surface area contributed by atoms with Crippen LogP contribution in [-0.4, -0.2) is 41.9 Å². The summed E-state index contributed by atoms with van der Waals surface area (Å²) in [5.41, 5.74) is 3.28. The van der Waals surface area contributed by atoms with Gasteiger partial charge in [0, 0.05) is 24.7 Å². The zero-order chi connectivity index (χ0) is 36.4. The van der Waals surface area contributed by atoms with Gasteiger partial charge in [-0.2, -0.15) is 13.2 Å². The third-order valence-electron chi connectivity index (χ3n) is 5.70. The zero-order valence-electron chi connectivity index (χ0n) is 25.5. The third-order valence-corrected chi connectivity index (χ3v) is 6.85. The van der Waals surface area contributed by atoms with Gasteiger partial charge < -0.3 is 15.8 Å². The summed E-state index contributed by atoms with van der Waals surface area (Å²) >= 11 is 0. The quantitative estimate of drug-likeness (QED) is 0.146. The van der Waals surface area contributed by atoms with E-state index in [4.69, 9.17) is 10.5 Å². The smallest absolute Gasteiger partial charge is 0.416 e. The van der Waals surface area contributed by atoms with Crippen molar-refractivity contribution < 1.29 is 57.1 Å². The van der Waals surface area contributed by atoms with E-state index in [1.807, 2.05) is 0 Å². The summed E-state index contributed by atoms with van der Waals surface area (Å²) in [5.74, 6) is -5.03. The van der Waals surface area contributed by atoms with Crippen LogP contribution < -0.4 is 25.2 Å².